The Bertz CT molecular complexity index is 676. The Morgan fingerprint density at radius 2 is 2.25 bits per heavy atom. The van der Waals surface area contributed by atoms with Gasteiger partial charge < -0.3 is 9.72 Å². The van der Waals surface area contributed by atoms with Gasteiger partial charge in [0.25, 0.3) is 5.56 Å². The molecule has 1 unspecified atom stereocenters. The number of nitrogens with one attached hydrogen (secondary N) is 1. The molecule has 0 bridgehead atoms. The number of sulfonamides is 1. The van der Waals surface area contributed by atoms with Crippen molar-refractivity contribution >= 4 is 10.0 Å². The molecular formula is C12H17N3O4S. The molecule has 1 atom stereocenters. The van der Waals surface area contributed by atoms with Gasteiger partial charge in [0.15, 0.2) is 0 Å². The van der Waals surface area contributed by atoms with Crippen LogP contribution in [-0.2, 0) is 27.8 Å². The lowest BCUT2D eigenvalue weighted by atomic mass is 10.2. The van der Waals surface area contributed by atoms with Gasteiger partial charge in [-0.1, -0.05) is 0 Å². The maximum atomic E-state index is 12.4. The lowest BCUT2D eigenvalue weighted by molar-refractivity contribution is 0.188. The van der Waals surface area contributed by atoms with E-state index in [9.17, 15) is 13.2 Å². The zero-order chi connectivity index (χ0) is 14.3. The molecule has 0 aliphatic carbocycles. The first kappa shape index (κ1) is 13.7. The van der Waals surface area contributed by atoms with Crippen LogP contribution in [0.15, 0.2) is 4.79 Å². The zero-order valence-corrected chi connectivity index (χ0v) is 12.1. The summed E-state index contributed by atoms with van der Waals surface area (Å²) in [5, 5.41) is 0. The summed E-state index contributed by atoms with van der Waals surface area (Å²) in [6.45, 7) is 3.12. The van der Waals surface area contributed by atoms with Crippen molar-refractivity contribution in [2.45, 2.75) is 26.4 Å². The van der Waals surface area contributed by atoms with E-state index in [-0.39, 0.29) is 30.3 Å². The van der Waals surface area contributed by atoms with Crippen molar-refractivity contribution in [3.8, 4) is 0 Å². The molecule has 8 heteroatoms. The summed E-state index contributed by atoms with van der Waals surface area (Å²) in [7, 11) is -3.38. The number of H-pyrrole nitrogens is 1. The topological polar surface area (TPSA) is 92.4 Å². The van der Waals surface area contributed by atoms with Crippen LogP contribution in [0.5, 0.6) is 0 Å². The monoisotopic (exact) mass is 299 g/mol. The Labute approximate surface area is 117 Å². The van der Waals surface area contributed by atoms with Crippen LogP contribution in [-0.4, -0.2) is 41.7 Å². The Kier molecular flexibility index (Phi) is 3.39. The predicted octanol–water partition coefficient (Wildman–Crippen LogP) is -0.240. The summed E-state index contributed by atoms with van der Waals surface area (Å²) in [6.07, 6.45) is 0.776. The van der Waals surface area contributed by atoms with Crippen LogP contribution < -0.4 is 5.56 Å². The van der Waals surface area contributed by atoms with Gasteiger partial charge in [-0.3, -0.25) is 4.79 Å². The average molecular weight is 299 g/mol. The third-order valence-corrected chi connectivity index (χ3v) is 5.68. The van der Waals surface area contributed by atoms with Crippen molar-refractivity contribution in [2.24, 2.45) is 5.92 Å². The fourth-order valence-corrected chi connectivity index (χ4v) is 4.39. The van der Waals surface area contributed by atoms with E-state index in [1.54, 1.807) is 6.92 Å². The van der Waals surface area contributed by atoms with Crippen LogP contribution in [0.25, 0.3) is 0 Å². The van der Waals surface area contributed by atoms with Crippen LogP contribution in [0.2, 0.25) is 0 Å². The molecule has 2 aliphatic heterocycles. The molecule has 7 nitrogen and oxygen atoms in total. The largest absolute Gasteiger partial charge is 0.381 e. The lowest BCUT2D eigenvalue weighted by Crippen LogP contribution is -2.31. The maximum absolute atomic E-state index is 12.4. The minimum atomic E-state index is -3.38. The molecule has 1 aromatic heterocycles. The van der Waals surface area contributed by atoms with E-state index < -0.39 is 10.0 Å². The van der Waals surface area contributed by atoms with Crippen LogP contribution in [0, 0.1) is 12.8 Å². The van der Waals surface area contributed by atoms with Crippen LogP contribution in [0.4, 0.5) is 0 Å². The Balaban J connectivity index is 1.80. The van der Waals surface area contributed by atoms with Crippen molar-refractivity contribution in [2.75, 3.05) is 19.0 Å². The predicted molar refractivity (Wildman–Crippen MR) is 71.6 cm³/mol. The van der Waals surface area contributed by atoms with E-state index in [2.05, 4.69) is 9.97 Å². The van der Waals surface area contributed by atoms with Crippen molar-refractivity contribution < 1.29 is 13.2 Å². The number of rotatable bonds is 3. The third-order valence-electron chi connectivity index (χ3n) is 3.74. The number of aryl methyl sites for hydroxylation is 1. The van der Waals surface area contributed by atoms with Gasteiger partial charge in [0.2, 0.25) is 10.0 Å². The van der Waals surface area contributed by atoms with E-state index >= 15 is 0 Å². The SMILES string of the molecule is Cc1nc2c(c(=O)[nH]1)CN(S(=O)(=O)CC1CCOC1)C2. The molecule has 0 radical (unpaired) electrons. The Hall–Kier alpha value is -1.25. The molecule has 20 heavy (non-hydrogen) atoms. The highest BCUT2D eigenvalue weighted by Gasteiger charge is 2.34. The van der Waals surface area contributed by atoms with Crippen molar-refractivity contribution in [3.63, 3.8) is 0 Å². The molecule has 1 aromatic rings. The number of aromatic amines is 1. The van der Waals surface area contributed by atoms with Gasteiger partial charge in [0, 0.05) is 13.2 Å². The normalized spacial score (nSPS) is 23.1. The highest BCUT2D eigenvalue weighted by molar-refractivity contribution is 7.89. The fourth-order valence-electron chi connectivity index (χ4n) is 2.68. The van der Waals surface area contributed by atoms with E-state index in [0.717, 1.165) is 6.42 Å². The minimum Gasteiger partial charge on any atom is -0.381 e. The van der Waals surface area contributed by atoms with Crippen LogP contribution >= 0.6 is 0 Å². The molecule has 1 N–H and O–H groups in total. The van der Waals surface area contributed by atoms with Gasteiger partial charge >= 0.3 is 0 Å². The number of fused-ring (bicyclic) bond motifs is 1. The van der Waals surface area contributed by atoms with Crippen LogP contribution in [0.1, 0.15) is 23.5 Å². The van der Waals surface area contributed by atoms with Gasteiger partial charge in [0.1, 0.15) is 5.82 Å². The molecule has 0 amide bonds. The van der Waals surface area contributed by atoms with Gasteiger partial charge in [-0.2, -0.15) is 4.31 Å². The van der Waals surface area contributed by atoms with Crippen molar-refractivity contribution in [1.82, 2.24) is 14.3 Å². The molecule has 3 rings (SSSR count). The first-order valence-corrected chi connectivity index (χ1v) is 8.21. The number of hydrogen-bond donors (Lipinski definition) is 1. The quantitative estimate of drug-likeness (QED) is 0.831. The number of ether oxygens (including phenoxy) is 1. The van der Waals surface area contributed by atoms with E-state index in [1.807, 2.05) is 0 Å². The molecule has 3 heterocycles. The molecule has 1 saturated heterocycles. The number of nitrogens with zero attached hydrogens (tertiary/aromatic N) is 2. The van der Waals surface area contributed by atoms with Crippen molar-refractivity contribution in [1.29, 1.82) is 0 Å². The second-order valence-corrected chi connectivity index (χ2v) is 7.37. The van der Waals surface area contributed by atoms with Gasteiger partial charge in [-0.05, 0) is 19.3 Å². The molecule has 0 saturated carbocycles. The second kappa shape index (κ2) is 4.94. The Morgan fingerprint density at radius 1 is 1.45 bits per heavy atom. The second-order valence-electron chi connectivity index (χ2n) is 5.35. The highest BCUT2D eigenvalue weighted by atomic mass is 32.2. The van der Waals surface area contributed by atoms with Gasteiger partial charge in [0.05, 0.1) is 30.2 Å². The molecule has 110 valence electrons. The lowest BCUT2D eigenvalue weighted by Gasteiger charge is -2.17. The summed E-state index contributed by atoms with van der Waals surface area (Å²) in [6, 6.07) is 0. The fraction of sp³-hybridized carbons (Fsp3) is 0.667. The average Bonchev–Trinajstić information content (AvgIpc) is 2.97. The Morgan fingerprint density at radius 3 is 2.95 bits per heavy atom. The molecule has 0 aromatic carbocycles. The molecule has 2 aliphatic rings. The number of aromatic nitrogens is 2. The molecule has 0 spiro atoms. The third kappa shape index (κ3) is 2.50. The zero-order valence-electron chi connectivity index (χ0n) is 11.3. The highest BCUT2D eigenvalue weighted by Crippen LogP contribution is 2.24. The molecule has 1 fully saturated rings. The van der Waals surface area contributed by atoms with Crippen LogP contribution in [0.3, 0.4) is 0 Å². The summed E-state index contributed by atoms with van der Waals surface area (Å²) in [4.78, 5) is 18.6. The summed E-state index contributed by atoms with van der Waals surface area (Å²) < 4.78 is 31.3. The smallest absolute Gasteiger partial charge is 0.255 e. The van der Waals surface area contributed by atoms with Gasteiger partial charge in [-0.15, -0.1) is 0 Å². The summed E-state index contributed by atoms with van der Waals surface area (Å²) in [5.74, 6) is 0.645. The minimum absolute atomic E-state index is 0.0525. The standard InChI is InChI=1S/C12H17N3O4S/c1-8-13-11-5-15(4-10(11)12(16)14-8)20(17,18)7-9-2-3-19-6-9/h9H,2-7H2,1H3,(H,13,14,16). The summed E-state index contributed by atoms with van der Waals surface area (Å²) in [5.41, 5.74) is 0.786. The van der Waals surface area contributed by atoms with E-state index in [0.29, 0.717) is 30.3 Å². The number of hydrogen-bond acceptors (Lipinski definition) is 5. The van der Waals surface area contributed by atoms with Gasteiger partial charge in [-0.25, -0.2) is 13.4 Å². The summed E-state index contributed by atoms with van der Waals surface area (Å²) >= 11 is 0. The maximum Gasteiger partial charge on any atom is 0.255 e. The first-order valence-electron chi connectivity index (χ1n) is 6.60. The van der Waals surface area contributed by atoms with Crippen molar-refractivity contribution in [3.05, 3.63) is 27.4 Å². The van der Waals surface area contributed by atoms with E-state index in [1.165, 1.54) is 4.31 Å². The van der Waals surface area contributed by atoms with E-state index in [4.69, 9.17) is 4.74 Å². The first-order chi connectivity index (χ1) is 9.45. The molecular weight excluding hydrogens is 282 g/mol.